The fraction of sp³-hybridized carbons (Fsp3) is 0.429. The molecular formula is C14H20O. The predicted octanol–water partition coefficient (Wildman–Crippen LogP) is 3.19. The third-order valence-electron chi connectivity index (χ3n) is 2.91. The van der Waals surface area contributed by atoms with Crippen LogP contribution in [0.3, 0.4) is 0 Å². The van der Waals surface area contributed by atoms with Gasteiger partial charge in [0, 0.05) is 5.41 Å². The maximum Gasteiger partial charge on any atom is 0.0519 e. The van der Waals surface area contributed by atoms with E-state index >= 15 is 0 Å². The average Bonchev–Trinajstić information content (AvgIpc) is 2.30. The van der Waals surface area contributed by atoms with Crippen LogP contribution in [0.25, 0.3) is 0 Å². The molecule has 0 aliphatic carbocycles. The summed E-state index contributed by atoms with van der Waals surface area (Å²) in [6.07, 6.45) is 5.01. The number of hydrogen-bond donors (Lipinski definition) is 1. The lowest BCUT2D eigenvalue weighted by atomic mass is 9.85. The van der Waals surface area contributed by atoms with E-state index in [1.165, 1.54) is 5.56 Å². The number of rotatable bonds is 6. The molecule has 1 aromatic rings. The molecule has 1 heteroatoms. The molecular weight excluding hydrogens is 184 g/mol. The maximum absolute atomic E-state index is 9.21. The van der Waals surface area contributed by atoms with Crippen molar-refractivity contribution >= 4 is 0 Å². The summed E-state index contributed by atoms with van der Waals surface area (Å²) < 4.78 is 0. The number of aliphatic hydroxyl groups is 1. The van der Waals surface area contributed by atoms with Gasteiger partial charge >= 0.3 is 0 Å². The first-order chi connectivity index (χ1) is 7.20. The fourth-order valence-corrected chi connectivity index (χ4v) is 1.59. The molecule has 1 atom stereocenters. The number of benzene rings is 1. The summed E-state index contributed by atoms with van der Waals surface area (Å²) in [6, 6.07) is 10.4. The van der Waals surface area contributed by atoms with Crippen LogP contribution in [0.5, 0.6) is 0 Å². The molecule has 1 rings (SSSR count). The first kappa shape index (κ1) is 12.0. The van der Waals surface area contributed by atoms with Crippen LogP contribution in [0, 0.1) is 5.41 Å². The van der Waals surface area contributed by atoms with Crippen LogP contribution in [-0.4, -0.2) is 11.7 Å². The summed E-state index contributed by atoms with van der Waals surface area (Å²) in [5, 5.41) is 9.21. The van der Waals surface area contributed by atoms with Gasteiger partial charge in [-0.3, -0.25) is 0 Å². The summed E-state index contributed by atoms with van der Waals surface area (Å²) in [6.45, 7) is 6.00. The van der Waals surface area contributed by atoms with E-state index in [-0.39, 0.29) is 12.0 Å². The minimum absolute atomic E-state index is 0.116. The van der Waals surface area contributed by atoms with Gasteiger partial charge in [0.2, 0.25) is 0 Å². The standard InChI is InChI=1S/C14H20O/c1-3-14(2,12-15)11-7-10-13-8-5-4-6-9-13/h3-6,8-9,15H,1,7,10-12H2,2H3. The van der Waals surface area contributed by atoms with Crippen LogP contribution in [-0.2, 0) is 6.42 Å². The quantitative estimate of drug-likeness (QED) is 0.705. The Labute approximate surface area is 92.5 Å². The molecule has 0 saturated carbocycles. The molecule has 0 heterocycles. The van der Waals surface area contributed by atoms with Crippen molar-refractivity contribution in [3.05, 3.63) is 48.6 Å². The zero-order chi connectivity index (χ0) is 11.1. The van der Waals surface area contributed by atoms with Crippen molar-refractivity contribution in [2.45, 2.75) is 26.2 Å². The van der Waals surface area contributed by atoms with Crippen molar-refractivity contribution in [1.82, 2.24) is 0 Å². The molecule has 1 unspecified atom stereocenters. The van der Waals surface area contributed by atoms with Gasteiger partial charge < -0.3 is 5.11 Å². The van der Waals surface area contributed by atoms with E-state index in [1.54, 1.807) is 0 Å². The van der Waals surface area contributed by atoms with Crippen molar-refractivity contribution < 1.29 is 5.11 Å². The van der Waals surface area contributed by atoms with Crippen LogP contribution < -0.4 is 0 Å². The highest BCUT2D eigenvalue weighted by atomic mass is 16.3. The van der Waals surface area contributed by atoms with E-state index in [2.05, 4.69) is 30.8 Å². The highest BCUT2D eigenvalue weighted by molar-refractivity contribution is 5.14. The van der Waals surface area contributed by atoms with Gasteiger partial charge in [-0.25, -0.2) is 0 Å². The second kappa shape index (κ2) is 5.72. The van der Waals surface area contributed by atoms with E-state index in [9.17, 15) is 5.11 Å². The van der Waals surface area contributed by atoms with E-state index in [0.717, 1.165) is 19.3 Å². The molecule has 0 bridgehead atoms. The monoisotopic (exact) mass is 204 g/mol. The molecule has 0 aliphatic heterocycles. The molecule has 1 N–H and O–H groups in total. The minimum Gasteiger partial charge on any atom is -0.395 e. The van der Waals surface area contributed by atoms with Gasteiger partial charge in [0.25, 0.3) is 0 Å². The zero-order valence-corrected chi connectivity index (χ0v) is 9.45. The molecule has 15 heavy (non-hydrogen) atoms. The SMILES string of the molecule is C=CC(C)(CO)CCCc1ccccc1. The van der Waals surface area contributed by atoms with Gasteiger partial charge in [0.05, 0.1) is 6.61 Å². The van der Waals surface area contributed by atoms with Crippen molar-refractivity contribution in [1.29, 1.82) is 0 Å². The maximum atomic E-state index is 9.21. The fourth-order valence-electron chi connectivity index (χ4n) is 1.59. The van der Waals surface area contributed by atoms with Crippen molar-refractivity contribution in [2.75, 3.05) is 6.61 Å². The first-order valence-corrected chi connectivity index (χ1v) is 5.48. The third kappa shape index (κ3) is 3.88. The van der Waals surface area contributed by atoms with E-state index in [0.29, 0.717) is 0 Å². The largest absolute Gasteiger partial charge is 0.395 e. The van der Waals surface area contributed by atoms with Gasteiger partial charge in [-0.05, 0) is 24.8 Å². The van der Waals surface area contributed by atoms with Crippen LogP contribution in [0.2, 0.25) is 0 Å². The van der Waals surface area contributed by atoms with E-state index in [4.69, 9.17) is 0 Å². The van der Waals surface area contributed by atoms with E-state index in [1.807, 2.05) is 19.1 Å². The molecule has 0 saturated heterocycles. The summed E-state index contributed by atoms with van der Waals surface area (Å²) in [4.78, 5) is 0. The summed E-state index contributed by atoms with van der Waals surface area (Å²) >= 11 is 0. The Morgan fingerprint density at radius 1 is 1.33 bits per heavy atom. The molecule has 1 aromatic carbocycles. The summed E-state index contributed by atoms with van der Waals surface area (Å²) in [5.74, 6) is 0. The Kier molecular flexibility index (Phi) is 4.57. The molecule has 82 valence electrons. The number of aliphatic hydroxyl groups excluding tert-OH is 1. The van der Waals surface area contributed by atoms with Gasteiger partial charge in [-0.2, -0.15) is 0 Å². The van der Waals surface area contributed by atoms with Crippen LogP contribution >= 0.6 is 0 Å². The molecule has 0 fully saturated rings. The number of aryl methyl sites for hydroxylation is 1. The summed E-state index contributed by atoms with van der Waals surface area (Å²) in [5.41, 5.74) is 1.25. The van der Waals surface area contributed by atoms with Gasteiger partial charge in [-0.1, -0.05) is 43.3 Å². The van der Waals surface area contributed by atoms with Gasteiger partial charge in [-0.15, -0.1) is 6.58 Å². The van der Waals surface area contributed by atoms with Gasteiger partial charge in [0.1, 0.15) is 0 Å². The Morgan fingerprint density at radius 2 is 2.00 bits per heavy atom. The predicted molar refractivity (Wildman–Crippen MR) is 64.8 cm³/mol. The molecule has 0 aliphatic rings. The topological polar surface area (TPSA) is 20.2 Å². The second-order valence-corrected chi connectivity index (χ2v) is 4.36. The van der Waals surface area contributed by atoms with Crippen LogP contribution in [0.4, 0.5) is 0 Å². The Balaban J connectivity index is 2.36. The first-order valence-electron chi connectivity index (χ1n) is 5.48. The molecule has 0 spiro atoms. The summed E-state index contributed by atoms with van der Waals surface area (Å²) in [7, 11) is 0. The Hall–Kier alpha value is -1.08. The lowest BCUT2D eigenvalue weighted by Crippen LogP contribution is -2.18. The normalized spacial score (nSPS) is 14.5. The molecule has 1 nitrogen and oxygen atoms in total. The third-order valence-corrected chi connectivity index (χ3v) is 2.91. The van der Waals surface area contributed by atoms with Crippen molar-refractivity contribution in [3.8, 4) is 0 Å². The van der Waals surface area contributed by atoms with E-state index < -0.39 is 0 Å². The van der Waals surface area contributed by atoms with Crippen molar-refractivity contribution in [3.63, 3.8) is 0 Å². The lowest BCUT2D eigenvalue weighted by Gasteiger charge is -2.22. The Bertz CT molecular complexity index is 291. The smallest absolute Gasteiger partial charge is 0.0519 e. The second-order valence-electron chi connectivity index (χ2n) is 4.36. The highest BCUT2D eigenvalue weighted by Crippen LogP contribution is 2.24. The average molecular weight is 204 g/mol. The molecule has 0 amide bonds. The minimum atomic E-state index is -0.116. The highest BCUT2D eigenvalue weighted by Gasteiger charge is 2.17. The zero-order valence-electron chi connectivity index (χ0n) is 9.45. The molecule has 0 radical (unpaired) electrons. The van der Waals surface area contributed by atoms with Gasteiger partial charge in [0.15, 0.2) is 0 Å². The van der Waals surface area contributed by atoms with Crippen LogP contribution in [0.1, 0.15) is 25.3 Å². The molecule has 0 aromatic heterocycles. The lowest BCUT2D eigenvalue weighted by molar-refractivity contribution is 0.173. The van der Waals surface area contributed by atoms with Crippen molar-refractivity contribution in [2.24, 2.45) is 5.41 Å². The van der Waals surface area contributed by atoms with Crippen LogP contribution in [0.15, 0.2) is 43.0 Å². The number of hydrogen-bond acceptors (Lipinski definition) is 1. The Morgan fingerprint density at radius 3 is 2.53 bits per heavy atom.